The summed E-state index contributed by atoms with van der Waals surface area (Å²) < 4.78 is 30.8. The number of fused-ring (bicyclic) bond motifs is 1. The Hall–Kier alpha value is -4.68. The number of hydrogen-bond acceptors (Lipinski definition) is 12. The Morgan fingerprint density at radius 3 is 2.09 bits per heavy atom. The number of nitrogens with zero attached hydrogens (tertiary/aromatic N) is 1. The molecule has 1 saturated carbocycles. The van der Waals surface area contributed by atoms with E-state index in [1.807, 2.05) is 36.4 Å². The minimum absolute atomic E-state index is 0.0412. The summed E-state index contributed by atoms with van der Waals surface area (Å²) in [6.45, 7) is 2.39. The van der Waals surface area contributed by atoms with E-state index in [0.717, 1.165) is 34.1 Å². The first-order chi connectivity index (χ1) is 21.9. The molecule has 0 N–H and O–H groups in total. The van der Waals surface area contributed by atoms with Crippen molar-refractivity contribution in [3.63, 3.8) is 0 Å². The van der Waals surface area contributed by atoms with Crippen LogP contribution >= 0.6 is 0 Å². The third-order valence-electron chi connectivity index (χ3n) is 7.73. The highest BCUT2D eigenvalue weighted by Gasteiger charge is 2.40. The molecule has 1 aliphatic carbocycles. The van der Waals surface area contributed by atoms with E-state index in [-0.39, 0.29) is 32.6 Å². The largest absolute Gasteiger partial charge is 0.497 e. The summed E-state index contributed by atoms with van der Waals surface area (Å²) >= 11 is 0. The predicted octanol–water partition coefficient (Wildman–Crippen LogP) is 4.26. The van der Waals surface area contributed by atoms with Crippen molar-refractivity contribution >= 4 is 46.7 Å². The highest BCUT2D eigenvalue weighted by atomic mass is 16.7. The Morgan fingerprint density at radius 1 is 0.826 bits per heavy atom. The molecule has 0 unspecified atom stereocenters. The molecule has 0 radical (unpaired) electrons. The first kappa shape index (κ1) is 35.8. The molecule has 2 aromatic rings. The van der Waals surface area contributed by atoms with Gasteiger partial charge in [0.1, 0.15) is 19.0 Å². The maximum atomic E-state index is 12.8. The minimum atomic E-state index is -1.00. The fourth-order valence-corrected chi connectivity index (χ4v) is 5.46. The van der Waals surface area contributed by atoms with E-state index >= 15 is 0 Å². The molecular weight excluding hydrogens is 602 g/mol. The zero-order valence-electron chi connectivity index (χ0n) is 26.7. The van der Waals surface area contributed by atoms with Crippen molar-refractivity contribution < 1.29 is 57.2 Å². The zero-order valence-corrected chi connectivity index (χ0v) is 26.7. The molecule has 46 heavy (non-hydrogen) atoms. The first-order valence-corrected chi connectivity index (χ1v) is 15.0. The van der Waals surface area contributed by atoms with Crippen LogP contribution in [0.2, 0.25) is 0 Å². The second kappa shape index (κ2) is 17.1. The van der Waals surface area contributed by atoms with E-state index in [9.17, 15) is 28.8 Å². The number of ether oxygens (including phenoxy) is 6. The van der Waals surface area contributed by atoms with Crippen LogP contribution in [-0.2, 0) is 54.1 Å². The summed E-state index contributed by atoms with van der Waals surface area (Å²) in [6, 6.07) is 11.4. The number of esters is 4. The lowest BCUT2D eigenvalue weighted by atomic mass is 9.79. The van der Waals surface area contributed by atoms with Gasteiger partial charge >= 0.3 is 30.0 Å². The molecule has 0 heterocycles. The van der Waals surface area contributed by atoms with E-state index in [2.05, 4.69) is 0 Å². The lowest BCUT2D eigenvalue weighted by Gasteiger charge is -2.28. The van der Waals surface area contributed by atoms with E-state index in [4.69, 9.17) is 28.4 Å². The van der Waals surface area contributed by atoms with E-state index in [1.54, 1.807) is 7.11 Å². The van der Waals surface area contributed by atoms with Gasteiger partial charge < -0.3 is 28.4 Å². The molecular formula is C33H41NO12. The van der Waals surface area contributed by atoms with Gasteiger partial charge in [0, 0.05) is 27.3 Å². The smallest absolute Gasteiger partial charge is 0.419 e. The molecule has 2 amide bonds. The van der Waals surface area contributed by atoms with Crippen LogP contribution in [0, 0.1) is 5.41 Å². The Balaban J connectivity index is 1.52. The number of hydrogen-bond donors (Lipinski definition) is 0. The number of methoxy groups -OCH3 is 1. The van der Waals surface area contributed by atoms with Crippen LogP contribution in [0.15, 0.2) is 36.4 Å². The number of carbonyl (C=O) groups is 6. The molecule has 13 nitrogen and oxygen atoms in total. The summed E-state index contributed by atoms with van der Waals surface area (Å²) in [5.41, 5.74) is 0.171. The van der Waals surface area contributed by atoms with Crippen molar-refractivity contribution in [2.75, 3.05) is 33.7 Å². The number of imide groups is 1. The maximum Gasteiger partial charge on any atom is 0.419 e. The molecule has 3 rings (SSSR count). The Bertz CT molecular complexity index is 1400. The Morgan fingerprint density at radius 2 is 1.48 bits per heavy atom. The summed E-state index contributed by atoms with van der Waals surface area (Å²) in [5, 5.41) is 1.92. The van der Waals surface area contributed by atoms with Crippen molar-refractivity contribution in [2.45, 2.75) is 71.8 Å². The molecule has 1 aliphatic rings. The predicted molar refractivity (Wildman–Crippen MR) is 162 cm³/mol. The second-order valence-electron chi connectivity index (χ2n) is 11.2. The number of rotatable bonds is 15. The average molecular weight is 644 g/mol. The van der Waals surface area contributed by atoms with Crippen molar-refractivity contribution in [1.82, 2.24) is 4.90 Å². The van der Waals surface area contributed by atoms with Gasteiger partial charge in [-0.25, -0.2) is 9.69 Å². The lowest BCUT2D eigenvalue weighted by Crippen LogP contribution is -2.38. The van der Waals surface area contributed by atoms with Gasteiger partial charge in [-0.1, -0.05) is 37.1 Å². The van der Waals surface area contributed by atoms with Crippen LogP contribution in [0.1, 0.15) is 64.9 Å². The lowest BCUT2D eigenvalue weighted by molar-refractivity contribution is -0.168. The topological polar surface area (TPSA) is 161 Å². The number of carbonyl (C=O) groups excluding carboxylic acids is 6. The molecule has 0 saturated heterocycles. The first-order valence-electron chi connectivity index (χ1n) is 15.0. The van der Waals surface area contributed by atoms with Gasteiger partial charge in [0.15, 0.2) is 6.10 Å². The van der Waals surface area contributed by atoms with Crippen LogP contribution in [0.5, 0.6) is 5.75 Å². The third-order valence-corrected chi connectivity index (χ3v) is 7.73. The van der Waals surface area contributed by atoms with Gasteiger partial charge in [-0.15, -0.1) is 0 Å². The van der Waals surface area contributed by atoms with Gasteiger partial charge in [-0.3, -0.25) is 24.0 Å². The molecule has 2 aromatic carbocycles. The fraction of sp³-hybridized carbons (Fsp3) is 0.515. The molecule has 1 fully saturated rings. The Kier molecular flexibility index (Phi) is 13.3. The van der Waals surface area contributed by atoms with E-state index in [0.29, 0.717) is 25.0 Å². The fourth-order valence-electron chi connectivity index (χ4n) is 5.46. The van der Waals surface area contributed by atoms with Crippen molar-refractivity contribution in [1.29, 1.82) is 0 Å². The van der Waals surface area contributed by atoms with Crippen LogP contribution in [-0.4, -0.2) is 80.5 Å². The van der Waals surface area contributed by atoms with Gasteiger partial charge in [0.2, 0.25) is 12.7 Å². The van der Waals surface area contributed by atoms with Crippen LogP contribution < -0.4 is 4.74 Å². The zero-order chi connectivity index (χ0) is 33.7. The van der Waals surface area contributed by atoms with Crippen molar-refractivity contribution in [3.05, 3.63) is 42.0 Å². The van der Waals surface area contributed by atoms with Gasteiger partial charge in [0.25, 0.3) is 0 Å². The number of benzene rings is 2. The van der Waals surface area contributed by atoms with E-state index in [1.165, 1.54) is 20.8 Å². The average Bonchev–Trinajstić information content (AvgIpc) is 3.45. The van der Waals surface area contributed by atoms with Gasteiger partial charge in [-0.2, -0.15) is 0 Å². The van der Waals surface area contributed by atoms with Crippen LogP contribution in [0.4, 0.5) is 4.79 Å². The highest BCUT2D eigenvalue weighted by molar-refractivity contribution is 5.91. The second-order valence-corrected chi connectivity index (χ2v) is 11.2. The summed E-state index contributed by atoms with van der Waals surface area (Å²) in [5.74, 6) is -2.35. The molecule has 0 aromatic heterocycles. The summed E-state index contributed by atoms with van der Waals surface area (Å²) in [7, 11) is 1.58. The molecule has 250 valence electrons. The van der Waals surface area contributed by atoms with Gasteiger partial charge in [-0.05, 0) is 53.1 Å². The summed E-state index contributed by atoms with van der Waals surface area (Å²) in [4.78, 5) is 73.9. The van der Waals surface area contributed by atoms with E-state index < -0.39 is 54.2 Å². The molecule has 0 atom stereocenters. The monoisotopic (exact) mass is 643 g/mol. The standard InChI is InChI=1S/C33H41NO12/c1-22(35)34(15-12-26-9-7-8-25-10-11-27(41-4)16-29(25)26)32(40)45-21-44-30(38)17-33(13-5-6-14-33)18-31(39)46-28(19-42-23(2)36)20-43-24(3)37/h7-11,16,28H,5-6,12-15,17-21H2,1-4H3. The van der Waals surface area contributed by atoms with Gasteiger partial charge in [0.05, 0.1) is 20.0 Å². The van der Waals surface area contributed by atoms with Crippen molar-refractivity contribution in [2.24, 2.45) is 5.41 Å². The minimum Gasteiger partial charge on any atom is -0.497 e. The summed E-state index contributed by atoms with van der Waals surface area (Å²) in [6.07, 6.45) is 0.868. The number of amides is 2. The molecule has 0 spiro atoms. The van der Waals surface area contributed by atoms with Crippen molar-refractivity contribution in [3.8, 4) is 5.75 Å². The highest BCUT2D eigenvalue weighted by Crippen LogP contribution is 2.44. The van der Waals surface area contributed by atoms with Crippen LogP contribution in [0.3, 0.4) is 0 Å². The maximum absolute atomic E-state index is 12.8. The quantitative estimate of drug-likeness (QED) is 0.154. The molecule has 0 aliphatic heterocycles. The van der Waals surface area contributed by atoms with Crippen LogP contribution in [0.25, 0.3) is 10.8 Å². The molecule has 13 heteroatoms. The third kappa shape index (κ3) is 11.0. The Labute approximate surface area is 267 Å². The molecule has 0 bridgehead atoms. The normalized spacial score (nSPS) is 13.5. The SMILES string of the molecule is COc1ccc2cccc(CCN(C(C)=O)C(=O)OCOC(=O)CC3(CC(=O)OC(COC(C)=O)COC(C)=O)CCCC3)c2c1.